The average Bonchev–Trinajstić information content (AvgIpc) is 0.799. The number of aliphatic hydroxyl groups excluding tert-OH is 11. The van der Waals surface area contributed by atoms with E-state index >= 15 is 0 Å². The lowest BCUT2D eigenvalue weighted by atomic mass is 9.96. The van der Waals surface area contributed by atoms with Crippen LogP contribution in [0.1, 0.15) is 271 Å². The van der Waals surface area contributed by atoms with E-state index in [0.29, 0.717) is 12.8 Å². The molecule has 3 saturated heterocycles. The minimum atomic E-state index is -1.97. The van der Waals surface area contributed by atoms with Gasteiger partial charge in [0.15, 0.2) is 18.9 Å². The van der Waals surface area contributed by atoms with Crippen molar-refractivity contribution < 1.29 is 89.4 Å². The van der Waals surface area contributed by atoms with Gasteiger partial charge < -0.3 is 89.9 Å². The van der Waals surface area contributed by atoms with Gasteiger partial charge in [-0.25, -0.2) is 0 Å². The molecule has 0 aromatic heterocycles. The highest BCUT2D eigenvalue weighted by molar-refractivity contribution is 5.76. The predicted molar refractivity (Wildman–Crippen MR) is 374 cm³/mol. The third-order valence-electron chi connectivity index (χ3n) is 18.5. The van der Waals surface area contributed by atoms with Gasteiger partial charge in [0, 0.05) is 6.42 Å². The zero-order chi connectivity index (χ0) is 68.9. The molecule has 95 heavy (non-hydrogen) atoms. The van der Waals surface area contributed by atoms with Crippen molar-refractivity contribution in [2.75, 3.05) is 26.4 Å². The first-order valence-electron chi connectivity index (χ1n) is 37.7. The number of unbranched alkanes of at least 4 members (excludes halogenated alkanes) is 30. The van der Waals surface area contributed by atoms with Crippen molar-refractivity contribution >= 4 is 5.91 Å². The maximum Gasteiger partial charge on any atom is 0.220 e. The quantitative estimate of drug-likeness (QED) is 0.0199. The summed E-state index contributed by atoms with van der Waals surface area (Å²) in [5.41, 5.74) is 0. The molecular weight excluding hydrogens is 1210 g/mol. The normalized spacial score (nSPS) is 27.6. The summed E-state index contributed by atoms with van der Waals surface area (Å²) in [5.74, 6) is -0.243. The van der Waals surface area contributed by atoms with Gasteiger partial charge >= 0.3 is 0 Å². The molecule has 0 aromatic carbocycles. The number of rotatable bonds is 58. The molecule has 3 rings (SSSR count). The first kappa shape index (κ1) is 86.5. The molecule has 3 aliphatic rings. The molecule has 0 radical (unpaired) electrons. The van der Waals surface area contributed by atoms with Crippen molar-refractivity contribution in [1.29, 1.82) is 0 Å². The predicted octanol–water partition coefficient (Wildman–Crippen LogP) is 11.3. The summed E-state index contributed by atoms with van der Waals surface area (Å²) in [7, 11) is 0. The number of hydrogen-bond donors (Lipinski definition) is 12. The van der Waals surface area contributed by atoms with Gasteiger partial charge in [0.25, 0.3) is 0 Å². The van der Waals surface area contributed by atoms with Crippen LogP contribution in [0, 0.1) is 0 Å². The fraction of sp³-hybridized carbons (Fsp3) is 0.829. The van der Waals surface area contributed by atoms with Gasteiger partial charge in [0.05, 0.1) is 38.6 Å². The Morgan fingerprint density at radius 1 is 0.389 bits per heavy atom. The van der Waals surface area contributed by atoms with E-state index in [-0.39, 0.29) is 18.9 Å². The van der Waals surface area contributed by atoms with Gasteiger partial charge in [-0.3, -0.25) is 4.79 Å². The number of nitrogens with one attached hydrogen (secondary N) is 1. The summed E-state index contributed by atoms with van der Waals surface area (Å²) in [6.07, 6.45) is 45.6. The van der Waals surface area contributed by atoms with Crippen LogP contribution in [0.5, 0.6) is 0 Å². The molecule has 19 nitrogen and oxygen atoms in total. The lowest BCUT2D eigenvalue weighted by molar-refractivity contribution is -0.379. The molecule has 17 atom stereocenters. The van der Waals surface area contributed by atoms with Crippen LogP contribution >= 0.6 is 0 Å². The standard InChI is InChI=1S/C76H135NO18/c1-3-5-7-9-11-13-15-17-19-20-21-22-23-24-25-26-27-28-29-30-31-32-33-34-35-36-37-38-40-42-44-46-48-50-52-54-64(82)77-59(60(81)53-51-49-47-45-43-41-39-18-16-14-12-10-8-6-4-2)58-90-74-70(88)67(85)72(62(56-79)92-74)95-76-71(89)68(86)73(63(57-80)93-76)94-75-69(87)66(84)65(83)61(55-78)91-75/h5,7,11,13,17,19,21-22,24-25,27-28,59-63,65-76,78-81,83-89H,3-4,6,8-10,12,14-16,18,20,23,26,29-58H2,1-2H3,(H,77,82)/b7-5-,13-11-,19-17-,22-21-,25-24-,28-27-. The molecular formula is C76H135NO18. The van der Waals surface area contributed by atoms with Crippen molar-refractivity contribution in [3.63, 3.8) is 0 Å². The molecule has 0 bridgehead atoms. The van der Waals surface area contributed by atoms with Gasteiger partial charge in [-0.1, -0.05) is 273 Å². The Balaban J connectivity index is 1.34. The molecule has 0 aliphatic carbocycles. The summed E-state index contributed by atoms with van der Waals surface area (Å²) in [5, 5.41) is 121. The Kier molecular flexibility index (Phi) is 51.8. The van der Waals surface area contributed by atoms with E-state index in [1.807, 2.05) is 0 Å². The molecule has 12 N–H and O–H groups in total. The van der Waals surface area contributed by atoms with Crippen LogP contribution in [0.3, 0.4) is 0 Å². The van der Waals surface area contributed by atoms with Crippen LogP contribution in [0.15, 0.2) is 72.9 Å². The van der Waals surface area contributed by atoms with Crippen molar-refractivity contribution in [2.45, 2.75) is 375 Å². The van der Waals surface area contributed by atoms with Gasteiger partial charge in [0.1, 0.15) is 73.2 Å². The lowest BCUT2D eigenvalue weighted by Crippen LogP contribution is -2.66. The second-order valence-corrected chi connectivity index (χ2v) is 26.7. The van der Waals surface area contributed by atoms with Gasteiger partial charge in [-0.15, -0.1) is 0 Å². The van der Waals surface area contributed by atoms with Crippen LogP contribution in [-0.4, -0.2) is 193 Å². The van der Waals surface area contributed by atoms with Crippen LogP contribution < -0.4 is 5.32 Å². The van der Waals surface area contributed by atoms with Crippen LogP contribution in [0.25, 0.3) is 0 Å². The van der Waals surface area contributed by atoms with Crippen LogP contribution in [-0.2, 0) is 33.2 Å². The number of hydrogen-bond acceptors (Lipinski definition) is 18. The second-order valence-electron chi connectivity index (χ2n) is 26.7. The van der Waals surface area contributed by atoms with E-state index < -0.39 is 124 Å². The van der Waals surface area contributed by atoms with E-state index in [0.717, 1.165) is 83.5 Å². The molecule has 19 heteroatoms. The molecule has 17 unspecified atom stereocenters. The topological polar surface area (TPSA) is 307 Å². The largest absolute Gasteiger partial charge is 0.394 e. The number of allylic oxidation sites excluding steroid dienone is 12. The Morgan fingerprint density at radius 3 is 1.14 bits per heavy atom. The maximum atomic E-state index is 13.5. The molecule has 3 heterocycles. The number of aliphatic hydroxyl groups is 11. The summed E-state index contributed by atoms with van der Waals surface area (Å²) in [6.45, 7) is 1.70. The summed E-state index contributed by atoms with van der Waals surface area (Å²) in [4.78, 5) is 13.5. The number of amides is 1. The number of ether oxygens (including phenoxy) is 6. The van der Waals surface area contributed by atoms with E-state index in [1.54, 1.807) is 0 Å². The van der Waals surface area contributed by atoms with Crippen molar-refractivity contribution in [3.05, 3.63) is 72.9 Å². The minimum absolute atomic E-state index is 0.243. The molecule has 3 fully saturated rings. The lowest BCUT2D eigenvalue weighted by Gasteiger charge is -2.48. The summed E-state index contributed by atoms with van der Waals surface area (Å²) >= 11 is 0. The van der Waals surface area contributed by atoms with Crippen molar-refractivity contribution in [2.24, 2.45) is 0 Å². The summed E-state index contributed by atoms with van der Waals surface area (Å²) in [6, 6.07) is -0.889. The highest BCUT2D eigenvalue weighted by Gasteiger charge is 2.53. The Labute approximate surface area is 572 Å². The first-order valence-corrected chi connectivity index (χ1v) is 37.7. The van der Waals surface area contributed by atoms with Crippen LogP contribution in [0.2, 0.25) is 0 Å². The Bertz CT molecular complexity index is 2000. The molecule has 0 saturated carbocycles. The fourth-order valence-electron chi connectivity index (χ4n) is 12.5. The number of carbonyl (C=O) groups excluding carboxylic acids is 1. The monoisotopic (exact) mass is 1350 g/mol. The molecule has 552 valence electrons. The Morgan fingerprint density at radius 2 is 0.726 bits per heavy atom. The van der Waals surface area contributed by atoms with E-state index in [2.05, 4.69) is 92.1 Å². The maximum absolute atomic E-state index is 13.5. The third-order valence-corrected chi connectivity index (χ3v) is 18.5. The first-order chi connectivity index (χ1) is 46.3. The van der Waals surface area contributed by atoms with E-state index in [9.17, 15) is 61.0 Å². The van der Waals surface area contributed by atoms with Gasteiger partial charge in [0.2, 0.25) is 5.91 Å². The number of carbonyl (C=O) groups is 1. The molecule has 3 aliphatic heterocycles. The van der Waals surface area contributed by atoms with Gasteiger partial charge in [-0.05, 0) is 64.2 Å². The second kappa shape index (κ2) is 56.9. The Hall–Kier alpha value is -2.77. The highest BCUT2D eigenvalue weighted by atomic mass is 16.8. The van der Waals surface area contributed by atoms with Crippen molar-refractivity contribution in [1.82, 2.24) is 5.32 Å². The fourth-order valence-corrected chi connectivity index (χ4v) is 12.5. The minimum Gasteiger partial charge on any atom is -0.394 e. The van der Waals surface area contributed by atoms with Gasteiger partial charge in [-0.2, -0.15) is 0 Å². The molecule has 0 spiro atoms. The van der Waals surface area contributed by atoms with E-state index in [1.165, 1.54) is 154 Å². The SMILES string of the molecule is CC/C=C\C/C=C\C/C=C\C/C=C\C/C=C\C/C=C\CCCCCCCCCCCCCCCCCCC(=O)NC(COC1OC(CO)C(OC2OC(CO)C(OC3OC(CO)C(O)C(O)C3O)C(O)C2O)C(O)C1O)C(O)CCCCCCCCCCCCCCCCC. The smallest absolute Gasteiger partial charge is 0.220 e. The zero-order valence-electron chi connectivity index (χ0n) is 58.6. The summed E-state index contributed by atoms with van der Waals surface area (Å²) < 4.78 is 34.4. The van der Waals surface area contributed by atoms with E-state index in [4.69, 9.17) is 28.4 Å². The van der Waals surface area contributed by atoms with Crippen molar-refractivity contribution in [3.8, 4) is 0 Å². The van der Waals surface area contributed by atoms with Crippen LogP contribution in [0.4, 0.5) is 0 Å². The molecule has 1 amide bonds. The molecule has 0 aromatic rings. The highest BCUT2D eigenvalue weighted by Crippen LogP contribution is 2.33. The third kappa shape index (κ3) is 38.0. The zero-order valence-corrected chi connectivity index (χ0v) is 58.6. The average molecular weight is 1350 g/mol.